The molecule has 0 radical (unpaired) electrons. The Morgan fingerprint density at radius 1 is 1.35 bits per heavy atom. The number of hydrogen-bond donors (Lipinski definition) is 2. The van der Waals surface area contributed by atoms with E-state index in [1.54, 1.807) is 0 Å². The lowest BCUT2D eigenvalue weighted by Crippen LogP contribution is -2.45. The largest absolute Gasteiger partial charge is 0.467 e. The fourth-order valence-corrected chi connectivity index (χ4v) is 1.82. The van der Waals surface area contributed by atoms with E-state index in [1.165, 1.54) is 14.0 Å². The number of hydrogen-bond acceptors (Lipinski definition) is 5. The van der Waals surface area contributed by atoms with Crippen molar-refractivity contribution in [3.63, 3.8) is 0 Å². The molecule has 0 amide bonds. The number of nitrogens with one attached hydrogen (secondary N) is 1. The topological polar surface area (TPSA) is 67.8 Å². The Hall–Kier alpha value is -1.43. The number of carbonyl (C=O) groups excluding carboxylic acids is 1. The van der Waals surface area contributed by atoms with Gasteiger partial charge in [-0.2, -0.15) is 0 Å². The molecule has 0 saturated heterocycles. The van der Waals surface area contributed by atoms with Gasteiger partial charge in [-0.25, -0.2) is 4.79 Å². The highest BCUT2D eigenvalue weighted by Crippen LogP contribution is 2.11. The Labute approximate surface area is 119 Å². The van der Waals surface area contributed by atoms with Gasteiger partial charge in [-0.3, -0.25) is 0 Å². The summed E-state index contributed by atoms with van der Waals surface area (Å²) in [5, 5.41) is 13.0. The summed E-state index contributed by atoms with van der Waals surface area (Å²) in [7, 11) is 1.26. The molecule has 0 aliphatic heterocycles. The van der Waals surface area contributed by atoms with Gasteiger partial charge in [0.1, 0.15) is 0 Å². The molecule has 1 aromatic rings. The second kappa shape index (κ2) is 7.99. The van der Waals surface area contributed by atoms with E-state index in [0.29, 0.717) is 19.8 Å². The van der Waals surface area contributed by atoms with Gasteiger partial charge >= 0.3 is 5.97 Å². The van der Waals surface area contributed by atoms with E-state index in [2.05, 4.69) is 10.1 Å². The monoisotopic (exact) mass is 281 g/mol. The summed E-state index contributed by atoms with van der Waals surface area (Å²) in [6.45, 7) is 5.28. The first-order valence-electron chi connectivity index (χ1n) is 6.67. The first-order valence-corrected chi connectivity index (χ1v) is 6.67. The molecule has 112 valence electrons. The van der Waals surface area contributed by atoms with Crippen LogP contribution in [0.5, 0.6) is 0 Å². The zero-order valence-electron chi connectivity index (χ0n) is 12.3. The average molecular weight is 281 g/mol. The number of aliphatic hydroxyl groups is 1. The Bertz CT molecular complexity index is 432. The van der Waals surface area contributed by atoms with E-state index in [9.17, 15) is 9.90 Å². The molecule has 0 aromatic heterocycles. The van der Waals surface area contributed by atoms with Gasteiger partial charge in [0, 0.05) is 19.7 Å². The van der Waals surface area contributed by atoms with Crippen LogP contribution >= 0.6 is 0 Å². The highest BCUT2D eigenvalue weighted by atomic mass is 16.5. The minimum Gasteiger partial charge on any atom is -0.467 e. The summed E-state index contributed by atoms with van der Waals surface area (Å²) in [6.07, 6.45) is 0. The maximum Gasteiger partial charge on any atom is 0.338 e. The molecule has 0 heterocycles. The van der Waals surface area contributed by atoms with Gasteiger partial charge < -0.3 is 19.9 Å². The van der Waals surface area contributed by atoms with E-state index in [-0.39, 0.29) is 6.54 Å². The minimum atomic E-state index is -1.52. The minimum absolute atomic E-state index is 0.128. The molecule has 5 nitrogen and oxygen atoms in total. The molecule has 1 aromatic carbocycles. The summed E-state index contributed by atoms with van der Waals surface area (Å²) < 4.78 is 9.96. The first-order chi connectivity index (χ1) is 9.51. The summed E-state index contributed by atoms with van der Waals surface area (Å²) in [5.41, 5.74) is 0.657. The Morgan fingerprint density at radius 2 is 2.00 bits per heavy atom. The lowest BCUT2D eigenvalue weighted by atomic mass is 10.1. The first kappa shape index (κ1) is 16.6. The van der Waals surface area contributed by atoms with Crippen molar-refractivity contribution in [3.05, 3.63) is 35.4 Å². The molecule has 1 atom stereocenters. The van der Waals surface area contributed by atoms with Crippen LogP contribution in [0.2, 0.25) is 0 Å². The quantitative estimate of drug-likeness (QED) is 0.702. The van der Waals surface area contributed by atoms with E-state index >= 15 is 0 Å². The van der Waals surface area contributed by atoms with Gasteiger partial charge in [0.25, 0.3) is 0 Å². The summed E-state index contributed by atoms with van der Waals surface area (Å²) in [5.74, 6) is -0.646. The fraction of sp³-hybridized carbons (Fsp3) is 0.533. The summed E-state index contributed by atoms with van der Waals surface area (Å²) in [4.78, 5) is 11.4. The van der Waals surface area contributed by atoms with Gasteiger partial charge in [-0.15, -0.1) is 0 Å². The van der Waals surface area contributed by atoms with Crippen LogP contribution in [0.25, 0.3) is 0 Å². The molecule has 0 aliphatic rings. The molecule has 2 N–H and O–H groups in total. The van der Waals surface area contributed by atoms with Crippen molar-refractivity contribution in [1.82, 2.24) is 5.32 Å². The van der Waals surface area contributed by atoms with Gasteiger partial charge in [0.05, 0.1) is 13.7 Å². The van der Waals surface area contributed by atoms with Crippen LogP contribution in [0.15, 0.2) is 24.3 Å². The van der Waals surface area contributed by atoms with Crippen LogP contribution in [0, 0.1) is 0 Å². The van der Waals surface area contributed by atoms with Gasteiger partial charge in [0.2, 0.25) is 0 Å². The fourth-order valence-electron chi connectivity index (χ4n) is 1.82. The van der Waals surface area contributed by atoms with Gasteiger partial charge in [-0.05, 0) is 25.0 Å². The third-order valence-electron chi connectivity index (χ3n) is 2.99. The molecule has 0 saturated carbocycles. The SMILES string of the molecule is CCOCc1ccccc1CNCC(C)(O)C(=O)OC. The van der Waals surface area contributed by atoms with Crippen molar-refractivity contribution < 1.29 is 19.4 Å². The second-order valence-corrected chi connectivity index (χ2v) is 4.77. The van der Waals surface area contributed by atoms with Crippen LogP contribution in [0.1, 0.15) is 25.0 Å². The molecule has 0 aliphatic carbocycles. The van der Waals surface area contributed by atoms with Crippen molar-refractivity contribution in [2.24, 2.45) is 0 Å². The predicted octanol–water partition coefficient (Wildman–Crippen LogP) is 1.24. The van der Waals surface area contributed by atoms with Crippen LogP contribution in [0.3, 0.4) is 0 Å². The molecule has 20 heavy (non-hydrogen) atoms. The lowest BCUT2D eigenvalue weighted by Gasteiger charge is -2.21. The van der Waals surface area contributed by atoms with Crippen molar-refractivity contribution >= 4 is 5.97 Å². The van der Waals surface area contributed by atoms with E-state index < -0.39 is 11.6 Å². The van der Waals surface area contributed by atoms with Crippen LogP contribution in [-0.4, -0.2) is 36.9 Å². The van der Waals surface area contributed by atoms with E-state index in [1.807, 2.05) is 31.2 Å². The number of esters is 1. The number of benzene rings is 1. The van der Waals surface area contributed by atoms with Crippen molar-refractivity contribution in [2.75, 3.05) is 20.3 Å². The Morgan fingerprint density at radius 3 is 2.60 bits per heavy atom. The number of carbonyl (C=O) groups is 1. The normalized spacial score (nSPS) is 13.8. The van der Waals surface area contributed by atoms with Crippen molar-refractivity contribution in [1.29, 1.82) is 0 Å². The highest BCUT2D eigenvalue weighted by molar-refractivity contribution is 5.78. The summed E-state index contributed by atoms with van der Waals surface area (Å²) in [6, 6.07) is 7.91. The third-order valence-corrected chi connectivity index (χ3v) is 2.99. The van der Waals surface area contributed by atoms with Crippen molar-refractivity contribution in [3.8, 4) is 0 Å². The maximum absolute atomic E-state index is 11.4. The average Bonchev–Trinajstić information content (AvgIpc) is 2.45. The standard InChI is InChI=1S/C15H23NO4/c1-4-20-10-13-8-6-5-7-12(13)9-16-11-15(2,18)14(17)19-3/h5-8,16,18H,4,9-11H2,1-3H3. The number of rotatable bonds is 8. The molecule has 0 bridgehead atoms. The van der Waals surface area contributed by atoms with Crippen LogP contribution < -0.4 is 5.32 Å². The predicted molar refractivity (Wildman–Crippen MR) is 76.1 cm³/mol. The third kappa shape index (κ3) is 4.92. The zero-order valence-corrected chi connectivity index (χ0v) is 12.3. The molecular weight excluding hydrogens is 258 g/mol. The molecule has 1 rings (SSSR count). The molecule has 0 fully saturated rings. The maximum atomic E-state index is 11.4. The van der Waals surface area contributed by atoms with Gasteiger partial charge in [0.15, 0.2) is 5.60 Å². The second-order valence-electron chi connectivity index (χ2n) is 4.77. The van der Waals surface area contributed by atoms with E-state index in [0.717, 1.165) is 11.1 Å². The van der Waals surface area contributed by atoms with Crippen LogP contribution in [0.4, 0.5) is 0 Å². The van der Waals surface area contributed by atoms with Crippen LogP contribution in [-0.2, 0) is 27.4 Å². The lowest BCUT2D eigenvalue weighted by molar-refractivity contribution is -0.159. The molecular formula is C15H23NO4. The zero-order chi connectivity index (χ0) is 15.0. The van der Waals surface area contributed by atoms with Gasteiger partial charge in [-0.1, -0.05) is 24.3 Å². The van der Waals surface area contributed by atoms with Crippen molar-refractivity contribution in [2.45, 2.75) is 32.6 Å². The molecule has 5 heteroatoms. The molecule has 0 spiro atoms. The molecule has 1 unspecified atom stereocenters. The smallest absolute Gasteiger partial charge is 0.338 e. The highest BCUT2D eigenvalue weighted by Gasteiger charge is 2.30. The summed E-state index contributed by atoms with van der Waals surface area (Å²) >= 11 is 0. The number of ether oxygens (including phenoxy) is 2. The Kier molecular flexibility index (Phi) is 6.64. The number of methoxy groups -OCH3 is 1. The Balaban J connectivity index is 2.55. The van der Waals surface area contributed by atoms with E-state index in [4.69, 9.17) is 4.74 Å².